The van der Waals surface area contributed by atoms with Crippen molar-refractivity contribution < 1.29 is 24.5 Å². The molecule has 0 radical (unpaired) electrons. The second kappa shape index (κ2) is 11.7. The number of benzene rings is 2. The molecule has 5 N–H and O–H groups in total. The van der Waals surface area contributed by atoms with E-state index < -0.39 is 24.0 Å². The number of rotatable bonds is 12. The van der Waals surface area contributed by atoms with Gasteiger partial charge in [-0.2, -0.15) is 0 Å². The maximum absolute atomic E-state index is 11.8. The number of halogens is 1. The van der Waals surface area contributed by atoms with Crippen molar-refractivity contribution in [3.05, 3.63) is 64.3 Å². The summed E-state index contributed by atoms with van der Waals surface area (Å²) in [4.78, 5) is 24.7. The first-order valence-electron chi connectivity index (χ1n) is 11.4. The number of nitrogens with one attached hydrogen (secondary N) is 1. The van der Waals surface area contributed by atoms with E-state index in [4.69, 9.17) is 26.8 Å². The third kappa shape index (κ3) is 6.08. The maximum atomic E-state index is 11.8. The highest BCUT2D eigenvalue weighted by atomic mass is 35.5. The molecule has 2 atom stereocenters. The van der Waals surface area contributed by atoms with Gasteiger partial charge in [-0.15, -0.1) is 11.3 Å². The van der Waals surface area contributed by atoms with Crippen LogP contribution in [0.3, 0.4) is 0 Å². The Bertz CT molecular complexity index is 1370. The average Bonchev–Trinajstić information content (AvgIpc) is 3.40. The summed E-state index contributed by atoms with van der Waals surface area (Å²) in [5.74, 6) is -0.171. The number of anilines is 2. The fourth-order valence-corrected chi connectivity index (χ4v) is 4.50. The molecule has 0 aliphatic carbocycles. The summed E-state index contributed by atoms with van der Waals surface area (Å²) < 4.78 is 11.8. The fourth-order valence-electron chi connectivity index (χ4n) is 3.72. The van der Waals surface area contributed by atoms with Gasteiger partial charge in [0.05, 0.1) is 33.7 Å². The van der Waals surface area contributed by atoms with Gasteiger partial charge in [0.2, 0.25) is 5.91 Å². The van der Waals surface area contributed by atoms with Gasteiger partial charge in [-0.1, -0.05) is 24.6 Å². The Morgan fingerprint density at radius 3 is 2.76 bits per heavy atom. The lowest BCUT2D eigenvalue weighted by molar-refractivity contribution is -0.145. The topological polar surface area (TPSA) is 153 Å². The van der Waals surface area contributed by atoms with Crippen molar-refractivity contribution in [3.8, 4) is 11.5 Å². The first kappa shape index (κ1) is 26.6. The van der Waals surface area contributed by atoms with Crippen molar-refractivity contribution >= 4 is 51.3 Å². The highest BCUT2D eigenvalue weighted by Gasteiger charge is 2.39. The van der Waals surface area contributed by atoms with Gasteiger partial charge < -0.3 is 30.7 Å². The van der Waals surface area contributed by atoms with Crippen LogP contribution >= 0.6 is 22.9 Å². The van der Waals surface area contributed by atoms with E-state index in [1.54, 1.807) is 36.7 Å². The van der Waals surface area contributed by atoms with Gasteiger partial charge in [0.1, 0.15) is 30.3 Å². The lowest BCUT2D eigenvalue weighted by Crippen LogP contribution is -2.51. The lowest BCUT2D eigenvalue weighted by atomic mass is 9.86. The highest BCUT2D eigenvalue weighted by molar-refractivity contribution is 7.07. The molecule has 0 fully saturated rings. The fraction of sp³-hybridized carbons (Fsp3) is 0.280. The van der Waals surface area contributed by atoms with Crippen LogP contribution in [0.15, 0.2) is 53.6 Å². The molecule has 194 valence electrons. The molecule has 0 aliphatic heterocycles. The van der Waals surface area contributed by atoms with Crippen molar-refractivity contribution in [2.45, 2.75) is 25.6 Å². The van der Waals surface area contributed by atoms with Crippen molar-refractivity contribution in [1.82, 2.24) is 15.0 Å². The van der Waals surface area contributed by atoms with Gasteiger partial charge in [-0.3, -0.25) is 4.79 Å². The summed E-state index contributed by atoms with van der Waals surface area (Å²) in [5, 5.41) is 26.1. The predicted molar refractivity (Wildman–Crippen MR) is 141 cm³/mol. The number of nitrogens with two attached hydrogens (primary N) is 1. The van der Waals surface area contributed by atoms with Crippen LogP contribution in [0.2, 0.25) is 5.02 Å². The number of nitrogens with zero attached hydrogens (tertiary/aromatic N) is 3. The minimum Gasteiger partial charge on any atom is -0.492 e. The normalized spacial score (nSPS) is 13.6. The van der Waals surface area contributed by atoms with Crippen LogP contribution in [0.1, 0.15) is 19.0 Å². The van der Waals surface area contributed by atoms with Gasteiger partial charge in [-0.25, -0.2) is 15.0 Å². The quantitative estimate of drug-likeness (QED) is 0.209. The molecular weight excluding hydrogens is 518 g/mol. The van der Waals surface area contributed by atoms with Crippen molar-refractivity contribution in [2.24, 2.45) is 11.7 Å². The number of carbonyl (C=O) groups is 1. The molecule has 2 heterocycles. The summed E-state index contributed by atoms with van der Waals surface area (Å²) in [6.45, 7) is 1.51. The van der Waals surface area contributed by atoms with E-state index in [2.05, 4.69) is 20.3 Å². The summed E-state index contributed by atoms with van der Waals surface area (Å²) in [7, 11) is 0. The number of aliphatic hydroxyl groups excluding tert-OH is 1. The van der Waals surface area contributed by atoms with Gasteiger partial charge in [0, 0.05) is 30.0 Å². The predicted octanol–water partition coefficient (Wildman–Crippen LogP) is 3.68. The third-order valence-corrected chi connectivity index (χ3v) is 6.83. The van der Waals surface area contributed by atoms with E-state index in [9.17, 15) is 15.0 Å². The molecule has 0 spiro atoms. The summed E-state index contributed by atoms with van der Waals surface area (Å²) in [6, 6.07) is 10.6. The van der Waals surface area contributed by atoms with Crippen LogP contribution in [-0.2, 0) is 11.4 Å². The molecule has 1 amide bonds. The van der Waals surface area contributed by atoms with Crippen LogP contribution in [0.25, 0.3) is 10.9 Å². The van der Waals surface area contributed by atoms with Crippen LogP contribution in [0.4, 0.5) is 11.5 Å². The number of thiazole rings is 1. The number of carbonyl (C=O) groups excluding carboxylic acids is 1. The molecule has 37 heavy (non-hydrogen) atoms. The van der Waals surface area contributed by atoms with Crippen molar-refractivity contribution in [2.75, 3.05) is 18.5 Å². The van der Waals surface area contributed by atoms with E-state index >= 15 is 0 Å². The van der Waals surface area contributed by atoms with Crippen LogP contribution in [0.5, 0.6) is 11.5 Å². The van der Waals surface area contributed by atoms with E-state index in [-0.39, 0.29) is 13.0 Å². The Kier molecular flexibility index (Phi) is 8.39. The largest absolute Gasteiger partial charge is 0.492 e. The average molecular weight is 544 g/mol. The highest BCUT2D eigenvalue weighted by Crippen LogP contribution is 2.35. The van der Waals surface area contributed by atoms with Gasteiger partial charge in [-0.05, 0) is 30.3 Å². The first-order chi connectivity index (χ1) is 17.8. The second-order valence-electron chi connectivity index (χ2n) is 8.39. The van der Waals surface area contributed by atoms with E-state index in [1.807, 2.05) is 17.5 Å². The Balaban J connectivity index is 1.54. The SMILES string of the molecule is C[C@H](COc1cccc2ncnc(Nc3ccc(OCc4cscn4)c(Cl)c3)c12)C(O)(CCO)C(N)=O. The Morgan fingerprint density at radius 2 is 2.05 bits per heavy atom. The lowest BCUT2D eigenvalue weighted by Gasteiger charge is -2.30. The molecule has 12 heteroatoms. The number of amides is 1. The van der Waals surface area contributed by atoms with E-state index in [1.165, 1.54) is 17.7 Å². The zero-order chi connectivity index (χ0) is 26.4. The molecule has 0 saturated heterocycles. The monoisotopic (exact) mass is 543 g/mol. The van der Waals surface area contributed by atoms with E-state index in [0.29, 0.717) is 45.5 Å². The van der Waals surface area contributed by atoms with Crippen molar-refractivity contribution in [1.29, 1.82) is 0 Å². The molecule has 2 aromatic heterocycles. The Labute approximate surface area is 222 Å². The molecule has 4 aromatic rings. The zero-order valence-electron chi connectivity index (χ0n) is 19.9. The van der Waals surface area contributed by atoms with E-state index in [0.717, 1.165) is 5.69 Å². The maximum Gasteiger partial charge on any atom is 0.249 e. The standard InChI is InChI=1S/C25H26ClN5O5S/c1-15(25(34,7-8-32)24(27)33)10-35-21-4-2-3-19-22(21)23(29-13-28-19)31-16-5-6-20(18(26)9-16)36-11-17-12-37-14-30-17/h2-6,9,12-15,32,34H,7-8,10-11H2,1H3,(H2,27,33)(H,28,29,31)/t15-,25?/m1/s1. The molecule has 4 rings (SSSR count). The Hall–Kier alpha value is -3.51. The summed E-state index contributed by atoms with van der Waals surface area (Å²) >= 11 is 7.94. The van der Waals surface area contributed by atoms with Gasteiger partial charge >= 0.3 is 0 Å². The molecule has 0 saturated carbocycles. The number of hydrogen-bond acceptors (Lipinski definition) is 10. The Morgan fingerprint density at radius 1 is 1.22 bits per heavy atom. The number of hydrogen-bond donors (Lipinski definition) is 4. The molecular formula is C25H26ClN5O5S. The molecule has 2 aromatic carbocycles. The molecule has 1 unspecified atom stereocenters. The van der Waals surface area contributed by atoms with Gasteiger partial charge in [0.15, 0.2) is 5.60 Å². The molecule has 0 aliphatic rings. The first-order valence-corrected chi connectivity index (χ1v) is 12.7. The smallest absolute Gasteiger partial charge is 0.249 e. The van der Waals surface area contributed by atoms with Crippen LogP contribution in [0, 0.1) is 5.92 Å². The third-order valence-electron chi connectivity index (χ3n) is 5.90. The van der Waals surface area contributed by atoms with Crippen LogP contribution in [-0.4, -0.2) is 49.9 Å². The molecule has 10 nitrogen and oxygen atoms in total. The number of aliphatic hydroxyl groups is 2. The number of ether oxygens (including phenoxy) is 2. The number of fused-ring (bicyclic) bond motifs is 1. The summed E-state index contributed by atoms with van der Waals surface area (Å²) in [6.07, 6.45) is 1.24. The zero-order valence-corrected chi connectivity index (χ0v) is 21.5. The minimum absolute atomic E-state index is 0.0380. The number of aromatic nitrogens is 3. The molecule has 0 bridgehead atoms. The van der Waals surface area contributed by atoms with Crippen LogP contribution < -0.4 is 20.5 Å². The van der Waals surface area contributed by atoms with Gasteiger partial charge in [0.25, 0.3) is 0 Å². The number of primary amides is 1. The second-order valence-corrected chi connectivity index (χ2v) is 9.51. The minimum atomic E-state index is -1.91. The summed E-state index contributed by atoms with van der Waals surface area (Å²) in [5.41, 5.74) is 7.33. The van der Waals surface area contributed by atoms with Crippen molar-refractivity contribution in [3.63, 3.8) is 0 Å².